The molecule has 3 fully saturated rings. The van der Waals surface area contributed by atoms with Gasteiger partial charge in [-0.1, -0.05) is 87.5 Å². The van der Waals surface area contributed by atoms with Crippen molar-refractivity contribution in [3.05, 3.63) is 96.4 Å². The van der Waals surface area contributed by atoms with Gasteiger partial charge in [0.25, 0.3) is 0 Å². The SMILES string of the molecule is COC(=O)N[C@H](C(=O)N1CC(C)[C@H](C(=O)Nc2ccc(-c3ccc(-c4cnc([C@@H]5CCCN5C(=O)[C@H](NC5OCO5)c5ccccc5)[nH]4)cc3)cc2)C1)C(C)C. The fraction of sp³-hybridized carbons (Fsp3) is 0.405. The number of aromatic nitrogens is 2. The molecule has 14 nitrogen and oxygen atoms in total. The van der Waals surface area contributed by atoms with Crippen LogP contribution in [0.15, 0.2) is 85.1 Å². The molecule has 3 aromatic carbocycles. The van der Waals surface area contributed by atoms with Crippen molar-refractivity contribution in [3.63, 3.8) is 0 Å². The Morgan fingerprint density at radius 2 is 1.57 bits per heavy atom. The number of likely N-dealkylation sites (tertiary alicyclic amines) is 2. The lowest BCUT2D eigenvalue weighted by Gasteiger charge is -2.34. The average Bonchev–Trinajstić information content (AvgIpc) is 3.97. The molecule has 0 saturated carbocycles. The summed E-state index contributed by atoms with van der Waals surface area (Å²) in [7, 11) is 1.26. The number of nitrogens with one attached hydrogen (secondary N) is 4. The van der Waals surface area contributed by atoms with Gasteiger partial charge in [-0.3, -0.25) is 19.7 Å². The van der Waals surface area contributed by atoms with Crippen LogP contribution in [0, 0.1) is 17.8 Å². The highest BCUT2D eigenvalue weighted by molar-refractivity contribution is 5.94. The topological polar surface area (TPSA) is 167 Å². The van der Waals surface area contributed by atoms with Crippen molar-refractivity contribution < 1.29 is 33.4 Å². The van der Waals surface area contributed by atoms with Crippen molar-refractivity contribution >= 4 is 29.5 Å². The van der Waals surface area contributed by atoms with E-state index in [1.807, 2.05) is 111 Å². The number of amides is 4. The molecule has 4 aromatic rings. The van der Waals surface area contributed by atoms with E-state index in [4.69, 9.17) is 19.2 Å². The summed E-state index contributed by atoms with van der Waals surface area (Å²) in [6, 6.07) is 23.9. The van der Waals surface area contributed by atoms with Crippen molar-refractivity contribution in [2.75, 3.05) is 38.9 Å². The second-order valence-corrected chi connectivity index (χ2v) is 15.0. The second-order valence-electron chi connectivity index (χ2n) is 15.0. The third kappa shape index (κ3) is 8.47. The molecule has 4 N–H and O–H groups in total. The van der Waals surface area contributed by atoms with E-state index >= 15 is 0 Å². The Balaban J connectivity index is 0.960. The van der Waals surface area contributed by atoms with Crippen LogP contribution >= 0.6 is 0 Å². The maximum Gasteiger partial charge on any atom is 0.407 e. The largest absolute Gasteiger partial charge is 0.453 e. The summed E-state index contributed by atoms with van der Waals surface area (Å²) in [5.41, 5.74) is 5.34. The Morgan fingerprint density at radius 3 is 2.21 bits per heavy atom. The summed E-state index contributed by atoms with van der Waals surface area (Å²) in [6.07, 6.45) is 2.21. The van der Waals surface area contributed by atoms with Gasteiger partial charge in [0.15, 0.2) is 6.79 Å². The van der Waals surface area contributed by atoms with Gasteiger partial charge in [0.2, 0.25) is 24.1 Å². The second kappa shape index (κ2) is 17.1. The molecule has 0 bridgehead atoms. The van der Waals surface area contributed by atoms with Crippen LogP contribution in [0.25, 0.3) is 22.4 Å². The minimum absolute atomic E-state index is 0.0507. The number of nitrogens with zero attached hydrogens (tertiary/aromatic N) is 3. The highest BCUT2D eigenvalue weighted by Crippen LogP contribution is 2.35. The van der Waals surface area contributed by atoms with Crippen molar-refractivity contribution in [2.45, 2.75) is 58.2 Å². The normalized spacial score (nSPS) is 20.7. The Kier molecular flexibility index (Phi) is 11.8. The number of hydrogen-bond acceptors (Lipinski definition) is 9. The van der Waals surface area contributed by atoms with Gasteiger partial charge in [-0.15, -0.1) is 0 Å². The zero-order valence-electron chi connectivity index (χ0n) is 32.1. The van der Waals surface area contributed by atoms with E-state index < -0.39 is 24.6 Å². The zero-order valence-corrected chi connectivity index (χ0v) is 32.1. The molecule has 3 aliphatic heterocycles. The number of ether oxygens (including phenoxy) is 3. The third-order valence-corrected chi connectivity index (χ3v) is 10.9. The minimum Gasteiger partial charge on any atom is -0.453 e. The van der Waals surface area contributed by atoms with Crippen molar-refractivity contribution in [3.8, 4) is 22.4 Å². The molecular weight excluding hydrogens is 715 g/mol. The monoisotopic (exact) mass is 763 g/mol. The number of hydrogen-bond donors (Lipinski definition) is 4. The van der Waals surface area contributed by atoms with E-state index in [0.717, 1.165) is 46.6 Å². The number of alkyl carbamates (subject to hydrolysis) is 1. The van der Waals surface area contributed by atoms with E-state index in [9.17, 15) is 19.2 Å². The van der Waals surface area contributed by atoms with Gasteiger partial charge in [-0.2, -0.15) is 0 Å². The van der Waals surface area contributed by atoms with Gasteiger partial charge in [0.05, 0.1) is 31.0 Å². The first-order chi connectivity index (χ1) is 27.1. The summed E-state index contributed by atoms with van der Waals surface area (Å²) in [4.78, 5) is 64.2. The van der Waals surface area contributed by atoms with Crippen LogP contribution < -0.4 is 16.0 Å². The molecule has 7 rings (SSSR count). The lowest BCUT2D eigenvalue weighted by molar-refractivity contribution is -0.335. The summed E-state index contributed by atoms with van der Waals surface area (Å²) in [5, 5.41) is 8.85. The van der Waals surface area contributed by atoms with Gasteiger partial charge < -0.3 is 39.6 Å². The summed E-state index contributed by atoms with van der Waals surface area (Å²) < 4.78 is 15.5. The average molecular weight is 764 g/mol. The molecule has 1 unspecified atom stereocenters. The van der Waals surface area contributed by atoms with E-state index in [1.54, 1.807) is 4.90 Å². The van der Waals surface area contributed by atoms with Gasteiger partial charge in [-0.25, -0.2) is 9.78 Å². The maximum atomic E-state index is 14.0. The highest BCUT2D eigenvalue weighted by atomic mass is 16.9. The van der Waals surface area contributed by atoms with Crippen LogP contribution in [0.2, 0.25) is 0 Å². The fourth-order valence-corrected chi connectivity index (χ4v) is 7.66. The Hall–Kier alpha value is -5.57. The van der Waals surface area contributed by atoms with Gasteiger partial charge >= 0.3 is 6.09 Å². The molecule has 1 aromatic heterocycles. The van der Waals surface area contributed by atoms with Crippen LogP contribution in [0.1, 0.15) is 57.1 Å². The van der Waals surface area contributed by atoms with Crippen molar-refractivity contribution in [1.82, 2.24) is 30.4 Å². The first-order valence-corrected chi connectivity index (χ1v) is 19.1. The maximum absolute atomic E-state index is 14.0. The Morgan fingerprint density at radius 1 is 0.893 bits per heavy atom. The summed E-state index contributed by atoms with van der Waals surface area (Å²) >= 11 is 0. The standard InChI is InChI=1S/C42H49N7O7/c1-25(2)35(46-41(53)54-4)39(51)48-22-26(3)32(23-48)38(50)44-31-18-16-28(17-19-31)27-12-14-29(15-13-27)33-21-43-37(45-33)34-11-8-20-49(34)40(52)36(47-42-55-24-56-42)30-9-6-5-7-10-30/h5-7,9-10,12-19,21,25-26,32,34-36,42,47H,8,11,20,22-24H2,1-4H3,(H,43,45)(H,44,50)(H,46,53)/t26?,32-,34+,35+,36-/m1/s1. The molecule has 0 aliphatic carbocycles. The number of aromatic amines is 1. The first kappa shape index (κ1) is 38.7. The van der Waals surface area contributed by atoms with Crippen molar-refractivity contribution in [2.24, 2.45) is 17.8 Å². The Labute approximate surface area is 326 Å². The molecule has 56 heavy (non-hydrogen) atoms. The van der Waals surface area contributed by atoms with Crippen molar-refractivity contribution in [1.29, 1.82) is 0 Å². The Bertz CT molecular complexity index is 2000. The van der Waals surface area contributed by atoms with Crippen LogP contribution in [0.4, 0.5) is 10.5 Å². The first-order valence-electron chi connectivity index (χ1n) is 19.1. The molecular formula is C42H49N7O7. The number of methoxy groups -OCH3 is 1. The quantitative estimate of drug-likeness (QED) is 0.147. The minimum atomic E-state index is -0.736. The fourth-order valence-electron chi connectivity index (χ4n) is 7.66. The lowest BCUT2D eigenvalue weighted by atomic mass is 9.97. The van der Waals surface area contributed by atoms with Crippen LogP contribution in [-0.4, -0.2) is 89.6 Å². The number of carbonyl (C=O) groups is 4. The molecule has 0 spiro atoms. The zero-order chi connectivity index (χ0) is 39.3. The molecule has 4 heterocycles. The molecule has 3 aliphatic rings. The van der Waals surface area contributed by atoms with Crippen LogP contribution in [0.5, 0.6) is 0 Å². The van der Waals surface area contributed by atoms with Gasteiger partial charge in [0, 0.05) is 25.3 Å². The molecule has 5 atom stereocenters. The summed E-state index contributed by atoms with van der Waals surface area (Å²) in [5.74, 6) is -0.259. The van der Waals surface area contributed by atoms with Gasteiger partial charge in [0.1, 0.15) is 17.9 Å². The third-order valence-electron chi connectivity index (χ3n) is 10.9. The van der Waals surface area contributed by atoms with E-state index in [1.165, 1.54) is 7.11 Å². The smallest absolute Gasteiger partial charge is 0.407 e. The van der Waals surface area contributed by atoms with E-state index in [0.29, 0.717) is 18.8 Å². The molecule has 3 saturated heterocycles. The summed E-state index contributed by atoms with van der Waals surface area (Å²) in [6.45, 7) is 7.20. The molecule has 4 amide bonds. The highest BCUT2D eigenvalue weighted by Gasteiger charge is 2.41. The molecule has 14 heteroatoms. The lowest BCUT2D eigenvalue weighted by Crippen LogP contribution is -2.50. The van der Waals surface area contributed by atoms with E-state index in [2.05, 4.69) is 20.9 Å². The predicted octanol–water partition coefficient (Wildman–Crippen LogP) is 5.44. The van der Waals surface area contributed by atoms with Crippen LogP contribution in [-0.2, 0) is 28.6 Å². The number of imidazole rings is 1. The predicted molar refractivity (Wildman–Crippen MR) is 208 cm³/mol. The molecule has 0 radical (unpaired) electrons. The number of carbonyl (C=O) groups excluding carboxylic acids is 4. The van der Waals surface area contributed by atoms with E-state index in [-0.39, 0.29) is 54.9 Å². The van der Waals surface area contributed by atoms with Gasteiger partial charge in [-0.05, 0) is 59.1 Å². The number of H-pyrrole nitrogens is 1. The number of anilines is 1. The molecule has 294 valence electrons. The van der Waals surface area contributed by atoms with Crippen LogP contribution in [0.3, 0.4) is 0 Å². The number of rotatable bonds is 12. The number of benzene rings is 3.